The van der Waals surface area contributed by atoms with Crippen molar-refractivity contribution in [2.45, 2.75) is 58.9 Å². The van der Waals surface area contributed by atoms with Gasteiger partial charge in [-0.1, -0.05) is 24.4 Å². The molecule has 0 aliphatic heterocycles. The zero-order valence-electron chi connectivity index (χ0n) is 19.1. The second-order valence-electron chi connectivity index (χ2n) is 8.59. The van der Waals surface area contributed by atoms with Crippen LogP contribution in [0.4, 0.5) is 17.2 Å². The molecular weight excluding hydrogens is 418 g/mol. The zero-order chi connectivity index (χ0) is 22.9. The second kappa shape index (κ2) is 8.65. The Bertz CT molecular complexity index is 1280. The second-order valence-corrected chi connectivity index (χ2v) is 8.59. The van der Waals surface area contributed by atoms with Crippen molar-refractivity contribution >= 4 is 34.3 Å². The van der Waals surface area contributed by atoms with E-state index in [-0.39, 0.29) is 5.91 Å². The third-order valence-corrected chi connectivity index (χ3v) is 6.11. The topological polar surface area (TPSA) is 111 Å². The molecule has 1 aromatic carbocycles. The van der Waals surface area contributed by atoms with E-state index in [0.29, 0.717) is 23.4 Å². The number of imidazole rings is 1. The van der Waals surface area contributed by atoms with Crippen molar-refractivity contribution in [1.82, 2.24) is 24.7 Å². The van der Waals surface area contributed by atoms with Crippen LogP contribution in [0.5, 0.6) is 0 Å². The quantitative estimate of drug-likeness (QED) is 0.428. The minimum absolute atomic E-state index is 0.106. The molecule has 170 valence electrons. The summed E-state index contributed by atoms with van der Waals surface area (Å²) in [4.78, 5) is 25.7. The highest BCUT2D eigenvalue weighted by molar-refractivity contribution is 5.90. The lowest BCUT2D eigenvalue weighted by Crippen LogP contribution is -2.13. The fourth-order valence-electron chi connectivity index (χ4n) is 4.52. The van der Waals surface area contributed by atoms with Crippen molar-refractivity contribution in [3.8, 4) is 11.4 Å². The highest BCUT2D eigenvalue weighted by atomic mass is 16.5. The van der Waals surface area contributed by atoms with Gasteiger partial charge in [-0.25, -0.2) is 15.0 Å². The van der Waals surface area contributed by atoms with Crippen LogP contribution in [-0.2, 0) is 4.79 Å². The Kier molecular flexibility index (Phi) is 5.53. The maximum absolute atomic E-state index is 11.3. The lowest BCUT2D eigenvalue weighted by Gasteiger charge is -2.23. The average molecular weight is 446 g/mol. The fourth-order valence-corrected chi connectivity index (χ4v) is 4.52. The minimum Gasteiger partial charge on any atom is -0.361 e. The van der Waals surface area contributed by atoms with Crippen LogP contribution in [-0.4, -0.2) is 30.6 Å². The van der Waals surface area contributed by atoms with Crippen LogP contribution in [0.25, 0.3) is 22.6 Å². The maximum atomic E-state index is 11.3. The number of hydrogen-bond acceptors (Lipinski definition) is 7. The molecule has 0 bridgehead atoms. The predicted molar refractivity (Wildman–Crippen MR) is 126 cm³/mol. The first-order valence-corrected chi connectivity index (χ1v) is 11.3. The molecule has 0 unspecified atom stereocenters. The van der Waals surface area contributed by atoms with E-state index < -0.39 is 0 Å². The van der Waals surface area contributed by atoms with Gasteiger partial charge in [0.2, 0.25) is 5.91 Å². The van der Waals surface area contributed by atoms with Crippen molar-refractivity contribution in [2.24, 2.45) is 0 Å². The Hall–Kier alpha value is -3.75. The van der Waals surface area contributed by atoms with E-state index in [1.54, 1.807) is 0 Å². The summed E-state index contributed by atoms with van der Waals surface area (Å²) in [6.45, 7) is 5.25. The summed E-state index contributed by atoms with van der Waals surface area (Å²) in [6, 6.07) is 7.87. The van der Waals surface area contributed by atoms with Gasteiger partial charge in [-0.05, 0) is 51.0 Å². The molecule has 2 N–H and O–H groups in total. The van der Waals surface area contributed by atoms with Crippen LogP contribution in [0, 0.1) is 13.8 Å². The van der Waals surface area contributed by atoms with Gasteiger partial charge in [-0.3, -0.25) is 4.79 Å². The smallest absolute Gasteiger partial charge is 0.221 e. The molecule has 9 nitrogen and oxygen atoms in total. The summed E-state index contributed by atoms with van der Waals surface area (Å²) in [7, 11) is 0. The van der Waals surface area contributed by atoms with Gasteiger partial charge >= 0.3 is 0 Å². The molecule has 1 fully saturated rings. The Morgan fingerprint density at radius 3 is 2.45 bits per heavy atom. The zero-order valence-corrected chi connectivity index (χ0v) is 19.1. The molecule has 1 amide bonds. The van der Waals surface area contributed by atoms with E-state index in [1.807, 2.05) is 44.4 Å². The Morgan fingerprint density at radius 2 is 1.79 bits per heavy atom. The van der Waals surface area contributed by atoms with E-state index in [0.717, 1.165) is 46.6 Å². The van der Waals surface area contributed by atoms with Crippen molar-refractivity contribution in [3.05, 3.63) is 42.0 Å². The first-order valence-electron chi connectivity index (χ1n) is 11.3. The number of fused-ring (bicyclic) bond motifs is 1. The number of amides is 1. The standard InChI is InChI=1S/C24H27N7O2/c1-14-20(15(2)33-30-14)22-28-23(27-18-11-9-17(10-12-18)26-16(3)32)21-24(29-22)31(13-25-21)19-7-5-4-6-8-19/h9-13,19H,4-8H2,1-3H3,(H,26,32)(H,27,28,29). The molecule has 0 saturated heterocycles. The van der Waals surface area contributed by atoms with E-state index in [2.05, 4.69) is 20.4 Å². The van der Waals surface area contributed by atoms with Crippen molar-refractivity contribution in [3.63, 3.8) is 0 Å². The number of aromatic nitrogens is 5. The fraction of sp³-hybridized carbons (Fsp3) is 0.375. The number of anilines is 3. The minimum atomic E-state index is -0.106. The third-order valence-electron chi connectivity index (χ3n) is 6.11. The summed E-state index contributed by atoms with van der Waals surface area (Å²) >= 11 is 0. The maximum Gasteiger partial charge on any atom is 0.221 e. The van der Waals surface area contributed by atoms with Gasteiger partial charge in [0.05, 0.1) is 17.6 Å². The molecule has 1 aliphatic rings. The highest BCUT2D eigenvalue weighted by Gasteiger charge is 2.23. The van der Waals surface area contributed by atoms with Gasteiger partial charge in [0.15, 0.2) is 22.8 Å². The van der Waals surface area contributed by atoms with E-state index >= 15 is 0 Å². The van der Waals surface area contributed by atoms with E-state index in [4.69, 9.17) is 19.5 Å². The lowest BCUT2D eigenvalue weighted by molar-refractivity contribution is -0.114. The van der Waals surface area contributed by atoms with E-state index in [1.165, 1.54) is 26.2 Å². The molecule has 3 aromatic heterocycles. The number of carbonyl (C=O) groups is 1. The van der Waals surface area contributed by atoms with Crippen LogP contribution in [0.1, 0.15) is 56.5 Å². The Morgan fingerprint density at radius 1 is 1.06 bits per heavy atom. The molecule has 0 atom stereocenters. The number of benzene rings is 1. The number of nitrogens with one attached hydrogen (secondary N) is 2. The molecule has 3 heterocycles. The van der Waals surface area contributed by atoms with Crippen molar-refractivity contribution in [2.75, 3.05) is 10.6 Å². The summed E-state index contributed by atoms with van der Waals surface area (Å²) in [5.74, 6) is 1.76. The van der Waals surface area contributed by atoms with Crippen molar-refractivity contribution < 1.29 is 9.32 Å². The van der Waals surface area contributed by atoms with Crippen LogP contribution < -0.4 is 10.6 Å². The highest BCUT2D eigenvalue weighted by Crippen LogP contribution is 2.34. The van der Waals surface area contributed by atoms with Crippen LogP contribution in [0.15, 0.2) is 35.1 Å². The van der Waals surface area contributed by atoms with Gasteiger partial charge in [0.1, 0.15) is 5.76 Å². The summed E-state index contributed by atoms with van der Waals surface area (Å²) in [5.41, 5.74) is 4.66. The largest absolute Gasteiger partial charge is 0.361 e. The van der Waals surface area contributed by atoms with Gasteiger partial charge in [0, 0.05) is 24.3 Å². The van der Waals surface area contributed by atoms with Crippen LogP contribution in [0.2, 0.25) is 0 Å². The Labute approximate surface area is 191 Å². The van der Waals surface area contributed by atoms with Gasteiger partial charge in [-0.15, -0.1) is 0 Å². The molecule has 9 heteroatoms. The normalized spacial score (nSPS) is 14.5. The third kappa shape index (κ3) is 4.18. The number of aryl methyl sites for hydroxylation is 2. The summed E-state index contributed by atoms with van der Waals surface area (Å²) < 4.78 is 7.58. The lowest BCUT2D eigenvalue weighted by atomic mass is 9.95. The number of rotatable bonds is 5. The van der Waals surface area contributed by atoms with Gasteiger partial charge in [0.25, 0.3) is 0 Å². The first kappa shape index (κ1) is 21.1. The Balaban J connectivity index is 1.59. The van der Waals surface area contributed by atoms with Gasteiger partial charge < -0.3 is 19.7 Å². The molecule has 0 radical (unpaired) electrons. The monoisotopic (exact) mass is 445 g/mol. The summed E-state index contributed by atoms with van der Waals surface area (Å²) in [6.07, 6.45) is 7.87. The van der Waals surface area contributed by atoms with Crippen molar-refractivity contribution in [1.29, 1.82) is 0 Å². The molecule has 4 aromatic rings. The molecule has 1 aliphatic carbocycles. The average Bonchev–Trinajstić information content (AvgIpc) is 3.38. The number of nitrogens with zero attached hydrogens (tertiary/aromatic N) is 5. The molecule has 1 saturated carbocycles. The SMILES string of the molecule is CC(=O)Nc1ccc(Nc2nc(-c3c(C)noc3C)nc3c2ncn3C2CCCCC2)cc1. The first-order chi connectivity index (χ1) is 16.0. The molecule has 0 spiro atoms. The molecular formula is C24H27N7O2. The van der Waals surface area contributed by atoms with Crippen LogP contribution in [0.3, 0.4) is 0 Å². The number of hydrogen-bond donors (Lipinski definition) is 2. The van der Waals surface area contributed by atoms with Crippen LogP contribution >= 0.6 is 0 Å². The molecule has 5 rings (SSSR count). The van der Waals surface area contributed by atoms with E-state index in [9.17, 15) is 4.79 Å². The molecule has 33 heavy (non-hydrogen) atoms. The predicted octanol–water partition coefficient (Wildman–Crippen LogP) is 5.31. The van der Waals surface area contributed by atoms with Gasteiger partial charge in [-0.2, -0.15) is 0 Å². The number of carbonyl (C=O) groups excluding carboxylic acids is 1. The summed E-state index contributed by atoms with van der Waals surface area (Å²) in [5, 5.41) is 10.3.